The van der Waals surface area contributed by atoms with Crippen molar-refractivity contribution in [3.8, 4) is 11.5 Å². The summed E-state index contributed by atoms with van der Waals surface area (Å²) in [4.78, 5) is 41.2. The molecule has 0 aliphatic heterocycles. The van der Waals surface area contributed by atoms with Gasteiger partial charge in [0.15, 0.2) is 23.0 Å². The van der Waals surface area contributed by atoms with Crippen molar-refractivity contribution in [2.24, 2.45) is 11.8 Å². The van der Waals surface area contributed by atoms with E-state index in [0.29, 0.717) is 6.61 Å². The maximum Gasteiger partial charge on any atom is 0.309 e. The molecule has 208 valence electrons. The number of methoxy groups -OCH3 is 1. The molecular formula is C29H39NO8. The minimum atomic E-state index is -0.733. The topological polar surface area (TPSA) is 110 Å². The Labute approximate surface area is 224 Å². The zero-order valence-corrected chi connectivity index (χ0v) is 23.1. The van der Waals surface area contributed by atoms with Crippen LogP contribution < -0.4 is 9.47 Å². The number of carbonyl (C=O) groups is 3. The molecular weight excluding hydrogens is 490 g/mol. The van der Waals surface area contributed by atoms with Crippen LogP contribution in [0.3, 0.4) is 0 Å². The lowest BCUT2D eigenvalue weighted by Crippen LogP contribution is -2.37. The Morgan fingerprint density at radius 3 is 2.34 bits per heavy atom. The van der Waals surface area contributed by atoms with Crippen molar-refractivity contribution in [2.75, 3.05) is 20.5 Å². The normalized spacial score (nSPS) is 13.3. The van der Waals surface area contributed by atoms with Gasteiger partial charge in [-0.25, -0.2) is 4.98 Å². The standard InChI is InChI=1S/C29H39NO8/c1-19(2)27(21(4)35-16-10-13-23-11-8-7-9-12-23)38-29(33)20(3)17-24(32)26-28(37-18-36-22(5)31)25(34-6)14-15-30-26/h7-9,11-12,14-15,19-21,27H,10,13,16-18H2,1-6H3/t20-,21+,27-/m1/s1. The van der Waals surface area contributed by atoms with E-state index in [1.54, 1.807) is 6.92 Å². The zero-order chi connectivity index (χ0) is 28.1. The third kappa shape index (κ3) is 9.78. The first kappa shape index (κ1) is 30.8. The Morgan fingerprint density at radius 2 is 1.71 bits per heavy atom. The van der Waals surface area contributed by atoms with Gasteiger partial charge < -0.3 is 23.7 Å². The highest BCUT2D eigenvalue weighted by atomic mass is 16.7. The number of hydrogen-bond acceptors (Lipinski definition) is 9. The molecule has 0 fully saturated rings. The van der Waals surface area contributed by atoms with E-state index in [2.05, 4.69) is 17.1 Å². The summed E-state index contributed by atoms with van der Waals surface area (Å²) in [6.07, 6.45) is 2.24. The SMILES string of the molecule is COc1ccnc(C(=O)C[C@@H](C)C(=O)O[C@H](C(C)C)[C@H](C)OCCCc2ccccc2)c1OCOC(C)=O. The maximum atomic E-state index is 13.1. The molecule has 38 heavy (non-hydrogen) atoms. The van der Waals surface area contributed by atoms with Crippen LogP contribution in [0.2, 0.25) is 0 Å². The van der Waals surface area contributed by atoms with Crippen molar-refractivity contribution >= 4 is 17.7 Å². The smallest absolute Gasteiger partial charge is 0.309 e. The molecule has 1 aromatic carbocycles. The van der Waals surface area contributed by atoms with Crippen molar-refractivity contribution in [2.45, 2.75) is 66.1 Å². The van der Waals surface area contributed by atoms with Crippen molar-refractivity contribution in [1.82, 2.24) is 4.98 Å². The molecule has 2 rings (SSSR count). The van der Waals surface area contributed by atoms with E-state index >= 15 is 0 Å². The lowest BCUT2D eigenvalue weighted by molar-refractivity contribution is -0.165. The minimum Gasteiger partial charge on any atom is -0.493 e. The minimum absolute atomic E-state index is 0.0207. The molecule has 0 saturated heterocycles. The van der Waals surface area contributed by atoms with E-state index in [0.717, 1.165) is 12.8 Å². The number of aromatic nitrogens is 1. The predicted molar refractivity (Wildman–Crippen MR) is 141 cm³/mol. The third-order valence-corrected chi connectivity index (χ3v) is 5.92. The molecule has 0 bridgehead atoms. The van der Waals surface area contributed by atoms with Gasteiger partial charge in [-0.05, 0) is 31.2 Å². The number of benzene rings is 1. The molecule has 0 saturated carbocycles. The highest BCUT2D eigenvalue weighted by Gasteiger charge is 2.30. The molecule has 9 nitrogen and oxygen atoms in total. The zero-order valence-electron chi connectivity index (χ0n) is 23.1. The molecule has 3 atom stereocenters. The molecule has 0 radical (unpaired) electrons. The molecule has 1 heterocycles. The van der Waals surface area contributed by atoms with Gasteiger partial charge in [0.25, 0.3) is 0 Å². The number of rotatable bonds is 16. The van der Waals surface area contributed by atoms with Crippen LogP contribution >= 0.6 is 0 Å². The summed E-state index contributed by atoms with van der Waals surface area (Å²) in [7, 11) is 1.42. The first-order chi connectivity index (χ1) is 18.1. The summed E-state index contributed by atoms with van der Waals surface area (Å²) in [5.74, 6) is -1.88. The number of pyridine rings is 1. The quantitative estimate of drug-likeness (QED) is 0.131. The van der Waals surface area contributed by atoms with E-state index in [-0.39, 0.29) is 35.6 Å². The van der Waals surface area contributed by atoms with E-state index in [1.165, 1.54) is 31.9 Å². The number of esters is 2. The second kappa shape index (κ2) is 15.7. The third-order valence-electron chi connectivity index (χ3n) is 5.92. The Balaban J connectivity index is 1.95. The van der Waals surface area contributed by atoms with Gasteiger partial charge in [-0.2, -0.15) is 0 Å². The van der Waals surface area contributed by atoms with Crippen LogP contribution in [0.4, 0.5) is 0 Å². The van der Waals surface area contributed by atoms with Crippen LogP contribution in [0, 0.1) is 11.8 Å². The maximum absolute atomic E-state index is 13.1. The van der Waals surface area contributed by atoms with Crippen LogP contribution in [0.1, 0.15) is 63.5 Å². The van der Waals surface area contributed by atoms with Gasteiger partial charge in [0, 0.05) is 32.2 Å². The van der Waals surface area contributed by atoms with Crippen LogP contribution in [0.25, 0.3) is 0 Å². The monoisotopic (exact) mass is 529 g/mol. The average molecular weight is 530 g/mol. The fourth-order valence-electron chi connectivity index (χ4n) is 3.87. The van der Waals surface area contributed by atoms with Crippen molar-refractivity contribution in [1.29, 1.82) is 0 Å². The Hall–Kier alpha value is -3.46. The number of hydrogen-bond donors (Lipinski definition) is 0. The van der Waals surface area contributed by atoms with E-state index in [4.69, 9.17) is 23.7 Å². The molecule has 0 aliphatic rings. The molecule has 9 heteroatoms. The number of carbonyl (C=O) groups excluding carboxylic acids is 3. The first-order valence-corrected chi connectivity index (χ1v) is 12.8. The summed E-state index contributed by atoms with van der Waals surface area (Å²) in [5.41, 5.74) is 1.23. The van der Waals surface area contributed by atoms with Crippen molar-refractivity contribution in [3.63, 3.8) is 0 Å². The molecule has 2 aromatic rings. The molecule has 0 spiro atoms. The molecule has 0 N–H and O–H groups in total. The number of ketones is 1. The van der Waals surface area contributed by atoms with Gasteiger partial charge in [0.05, 0.1) is 19.1 Å². The van der Waals surface area contributed by atoms with Gasteiger partial charge in [-0.15, -0.1) is 0 Å². The largest absolute Gasteiger partial charge is 0.493 e. The summed E-state index contributed by atoms with van der Waals surface area (Å²) >= 11 is 0. The van der Waals surface area contributed by atoms with Crippen LogP contribution in [-0.2, 0) is 30.2 Å². The summed E-state index contributed by atoms with van der Waals surface area (Å²) in [6, 6.07) is 11.7. The highest BCUT2D eigenvalue weighted by Crippen LogP contribution is 2.31. The number of ether oxygens (including phenoxy) is 5. The number of Topliss-reactive ketones (excluding diaryl/α,β-unsaturated/α-hetero) is 1. The fourth-order valence-corrected chi connectivity index (χ4v) is 3.87. The van der Waals surface area contributed by atoms with Crippen LogP contribution in [-0.4, -0.2) is 55.4 Å². The van der Waals surface area contributed by atoms with Crippen LogP contribution in [0.5, 0.6) is 11.5 Å². The average Bonchev–Trinajstić information content (AvgIpc) is 2.89. The second-order valence-electron chi connectivity index (χ2n) is 9.43. The fraction of sp³-hybridized carbons (Fsp3) is 0.517. The number of nitrogens with zero attached hydrogens (tertiary/aromatic N) is 1. The molecule has 0 aliphatic carbocycles. The Kier molecular flexibility index (Phi) is 12.7. The van der Waals surface area contributed by atoms with Gasteiger partial charge >= 0.3 is 11.9 Å². The van der Waals surface area contributed by atoms with E-state index in [9.17, 15) is 14.4 Å². The van der Waals surface area contributed by atoms with Gasteiger partial charge in [0.1, 0.15) is 6.10 Å². The molecule has 1 aromatic heterocycles. The Bertz CT molecular complexity index is 1040. The number of aryl methyl sites for hydroxylation is 1. The van der Waals surface area contributed by atoms with E-state index < -0.39 is 36.5 Å². The van der Waals surface area contributed by atoms with E-state index in [1.807, 2.05) is 39.0 Å². The van der Waals surface area contributed by atoms with Gasteiger partial charge in [-0.1, -0.05) is 51.1 Å². The second-order valence-corrected chi connectivity index (χ2v) is 9.43. The van der Waals surface area contributed by atoms with Crippen molar-refractivity contribution < 1.29 is 38.1 Å². The van der Waals surface area contributed by atoms with Gasteiger partial charge in [-0.3, -0.25) is 14.4 Å². The summed E-state index contributed by atoms with van der Waals surface area (Å²) in [6.45, 7) is 8.82. The summed E-state index contributed by atoms with van der Waals surface area (Å²) in [5, 5.41) is 0. The molecule has 0 amide bonds. The van der Waals surface area contributed by atoms with Crippen LogP contribution in [0.15, 0.2) is 42.6 Å². The van der Waals surface area contributed by atoms with Gasteiger partial charge in [0.2, 0.25) is 6.79 Å². The summed E-state index contributed by atoms with van der Waals surface area (Å²) < 4.78 is 27.3. The van der Waals surface area contributed by atoms with Crippen molar-refractivity contribution in [3.05, 3.63) is 53.9 Å². The highest BCUT2D eigenvalue weighted by molar-refractivity contribution is 5.99. The lowest BCUT2D eigenvalue weighted by atomic mass is 10.00. The predicted octanol–water partition coefficient (Wildman–Crippen LogP) is 4.80. The lowest BCUT2D eigenvalue weighted by Gasteiger charge is -2.28. The first-order valence-electron chi connectivity index (χ1n) is 12.8. The molecule has 0 unspecified atom stereocenters. The Morgan fingerprint density at radius 1 is 1.00 bits per heavy atom.